The van der Waals surface area contributed by atoms with Crippen molar-refractivity contribution in [1.29, 1.82) is 0 Å². The minimum Gasteiger partial charge on any atom is -0.355 e. The van der Waals surface area contributed by atoms with Crippen LogP contribution in [0.25, 0.3) is 0 Å². The number of thioether (sulfide) groups is 2. The van der Waals surface area contributed by atoms with Gasteiger partial charge in [0.05, 0.1) is 22.9 Å². The summed E-state index contributed by atoms with van der Waals surface area (Å²) in [5.74, 6) is 0.182. The molecule has 1 N–H and O–H groups in total. The van der Waals surface area contributed by atoms with E-state index in [1.54, 1.807) is 16.3 Å². The molecule has 5 nitrogen and oxygen atoms in total. The first-order chi connectivity index (χ1) is 15.1. The van der Waals surface area contributed by atoms with Crippen LogP contribution < -0.4 is 10.9 Å². The molecular formula is C24H25N3O2S2. The fraction of sp³-hybridized carbons (Fsp3) is 0.292. The smallest absolute Gasteiger partial charge is 0.268 e. The molecule has 0 spiro atoms. The van der Waals surface area contributed by atoms with Gasteiger partial charge >= 0.3 is 0 Å². The highest BCUT2D eigenvalue weighted by Gasteiger charge is 2.26. The Morgan fingerprint density at radius 2 is 1.81 bits per heavy atom. The van der Waals surface area contributed by atoms with Gasteiger partial charge in [0.2, 0.25) is 5.91 Å². The van der Waals surface area contributed by atoms with E-state index >= 15 is 0 Å². The van der Waals surface area contributed by atoms with Crippen molar-refractivity contribution in [2.45, 2.75) is 41.6 Å². The molecule has 1 aliphatic rings. The van der Waals surface area contributed by atoms with Gasteiger partial charge in [-0.3, -0.25) is 14.2 Å². The molecule has 0 saturated heterocycles. The van der Waals surface area contributed by atoms with E-state index in [0.717, 1.165) is 29.0 Å². The van der Waals surface area contributed by atoms with Gasteiger partial charge in [0.25, 0.3) is 5.56 Å². The number of rotatable bonds is 8. The van der Waals surface area contributed by atoms with Gasteiger partial charge in [-0.15, -0.1) is 11.8 Å². The molecule has 160 valence electrons. The summed E-state index contributed by atoms with van der Waals surface area (Å²) in [7, 11) is 0. The first-order valence-corrected chi connectivity index (χ1v) is 12.2. The van der Waals surface area contributed by atoms with E-state index in [1.165, 1.54) is 17.3 Å². The van der Waals surface area contributed by atoms with Crippen LogP contribution in [0.1, 0.15) is 23.7 Å². The van der Waals surface area contributed by atoms with Gasteiger partial charge in [-0.25, -0.2) is 4.98 Å². The van der Waals surface area contributed by atoms with Crippen molar-refractivity contribution < 1.29 is 4.79 Å². The van der Waals surface area contributed by atoms with Gasteiger partial charge in [-0.1, -0.05) is 79.3 Å². The van der Waals surface area contributed by atoms with Gasteiger partial charge in [0.1, 0.15) is 0 Å². The second-order valence-electron chi connectivity index (χ2n) is 7.55. The quantitative estimate of drug-likeness (QED) is 0.417. The maximum absolute atomic E-state index is 13.2. The average molecular weight is 452 g/mol. The summed E-state index contributed by atoms with van der Waals surface area (Å²) in [5, 5.41) is 3.93. The average Bonchev–Trinajstić information content (AvgIpc) is 3.16. The summed E-state index contributed by atoms with van der Waals surface area (Å²) in [6.07, 6.45) is 1.58. The Morgan fingerprint density at radius 3 is 2.52 bits per heavy atom. The number of hydrogen-bond donors (Lipinski definition) is 1. The van der Waals surface area contributed by atoms with Crippen LogP contribution >= 0.6 is 23.5 Å². The monoisotopic (exact) mass is 451 g/mol. The van der Waals surface area contributed by atoms with E-state index in [4.69, 9.17) is 4.98 Å². The molecule has 0 fully saturated rings. The molecule has 2 aromatic carbocycles. The summed E-state index contributed by atoms with van der Waals surface area (Å²) in [4.78, 5) is 31.1. The van der Waals surface area contributed by atoms with Crippen molar-refractivity contribution in [3.05, 3.63) is 87.8 Å². The summed E-state index contributed by atoms with van der Waals surface area (Å²) in [5.41, 5.74) is 3.09. The highest BCUT2D eigenvalue weighted by atomic mass is 32.2. The van der Waals surface area contributed by atoms with Crippen molar-refractivity contribution in [2.75, 3.05) is 12.3 Å². The third-order valence-corrected chi connectivity index (χ3v) is 7.25. The Kier molecular flexibility index (Phi) is 7.14. The van der Waals surface area contributed by atoms with Crippen LogP contribution in [-0.2, 0) is 24.2 Å². The van der Waals surface area contributed by atoms with Gasteiger partial charge in [0, 0.05) is 18.2 Å². The molecule has 4 rings (SSSR count). The van der Waals surface area contributed by atoms with E-state index in [9.17, 15) is 9.59 Å². The number of amides is 1. The second-order valence-corrected chi connectivity index (χ2v) is 9.95. The molecule has 3 aromatic rings. The summed E-state index contributed by atoms with van der Waals surface area (Å²) >= 11 is 2.93. The zero-order valence-corrected chi connectivity index (χ0v) is 19.0. The number of carbonyl (C=O) groups excluding carboxylic acids is 1. The number of nitrogens with zero attached hydrogens (tertiary/aromatic N) is 2. The van der Waals surface area contributed by atoms with E-state index in [0.29, 0.717) is 23.5 Å². The second kappa shape index (κ2) is 10.2. The number of hydrogen-bond acceptors (Lipinski definition) is 5. The molecular weight excluding hydrogens is 426 g/mol. The molecule has 2 heterocycles. The minimum absolute atomic E-state index is 0.00445. The molecule has 0 unspecified atom stereocenters. The molecule has 0 saturated carbocycles. The zero-order valence-electron chi connectivity index (χ0n) is 17.4. The Balaban J connectivity index is 1.45. The standard InChI is InChI=1S/C24H25N3O2S2/c1-17-14-20-22(31-17)23(29)27(15-19-10-6-3-7-11-19)24(26-20)30-16-21(28)25-13-12-18-8-4-2-5-9-18/h2-11,17H,12-16H2,1H3,(H,25,28)/t17-/m1/s1. The maximum Gasteiger partial charge on any atom is 0.268 e. The minimum atomic E-state index is -0.0512. The van der Waals surface area contributed by atoms with Crippen molar-refractivity contribution in [3.63, 3.8) is 0 Å². The lowest BCUT2D eigenvalue weighted by atomic mass is 10.1. The van der Waals surface area contributed by atoms with Crippen molar-refractivity contribution in [2.24, 2.45) is 0 Å². The highest BCUT2D eigenvalue weighted by molar-refractivity contribution is 8.00. The summed E-state index contributed by atoms with van der Waals surface area (Å²) in [6, 6.07) is 20.0. The third kappa shape index (κ3) is 5.60. The van der Waals surface area contributed by atoms with Gasteiger partial charge in [-0.05, 0) is 17.5 Å². The van der Waals surface area contributed by atoms with Crippen LogP contribution in [0.2, 0.25) is 0 Å². The number of aromatic nitrogens is 2. The molecule has 1 atom stereocenters. The normalized spacial score (nSPS) is 14.9. The van der Waals surface area contributed by atoms with Crippen LogP contribution in [0, 0.1) is 0 Å². The Hall–Kier alpha value is -2.51. The molecule has 1 aliphatic heterocycles. The topological polar surface area (TPSA) is 64.0 Å². The highest BCUT2D eigenvalue weighted by Crippen LogP contribution is 2.34. The van der Waals surface area contributed by atoms with Crippen molar-refractivity contribution in [3.8, 4) is 0 Å². The predicted octanol–water partition coefficient (Wildman–Crippen LogP) is 3.78. The van der Waals surface area contributed by atoms with Crippen LogP contribution in [-0.4, -0.2) is 33.0 Å². The largest absolute Gasteiger partial charge is 0.355 e. The van der Waals surface area contributed by atoms with E-state index in [1.807, 2.05) is 48.5 Å². The number of benzene rings is 2. The van der Waals surface area contributed by atoms with Crippen LogP contribution in [0.15, 0.2) is 75.5 Å². The fourth-order valence-electron chi connectivity index (χ4n) is 3.52. The van der Waals surface area contributed by atoms with Gasteiger partial charge in [-0.2, -0.15) is 0 Å². The van der Waals surface area contributed by atoms with E-state index in [-0.39, 0.29) is 17.2 Å². The lowest BCUT2D eigenvalue weighted by molar-refractivity contribution is -0.118. The van der Waals surface area contributed by atoms with Gasteiger partial charge in [0.15, 0.2) is 5.16 Å². The van der Waals surface area contributed by atoms with Crippen LogP contribution in [0.3, 0.4) is 0 Å². The van der Waals surface area contributed by atoms with Gasteiger partial charge < -0.3 is 5.32 Å². The van der Waals surface area contributed by atoms with Crippen LogP contribution in [0.4, 0.5) is 0 Å². The molecule has 1 aromatic heterocycles. The predicted molar refractivity (Wildman–Crippen MR) is 127 cm³/mol. The molecule has 7 heteroatoms. The molecule has 0 bridgehead atoms. The Labute approximate surface area is 190 Å². The zero-order chi connectivity index (χ0) is 21.6. The molecule has 0 aliphatic carbocycles. The van der Waals surface area contributed by atoms with E-state index in [2.05, 4.69) is 24.4 Å². The SMILES string of the molecule is C[C@@H]1Cc2nc(SCC(=O)NCCc3ccccc3)n(Cc3ccccc3)c(=O)c2S1. The molecule has 31 heavy (non-hydrogen) atoms. The number of carbonyl (C=O) groups is 1. The van der Waals surface area contributed by atoms with Crippen molar-refractivity contribution in [1.82, 2.24) is 14.9 Å². The number of nitrogens with one attached hydrogen (secondary N) is 1. The lowest BCUT2D eigenvalue weighted by Crippen LogP contribution is -2.29. The fourth-order valence-corrected chi connectivity index (χ4v) is 5.48. The maximum atomic E-state index is 13.2. The van der Waals surface area contributed by atoms with E-state index < -0.39 is 0 Å². The Morgan fingerprint density at radius 1 is 1.13 bits per heavy atom. The number of fused-ring (bicyclic) bond motifs is 1. The summed E-state index contributed by atoms with van der Waals surface area (Å²) in [6.45, 7) is 3.15. The first-order valence-electron chi connectivity index (χ1n) is 10.4. The lowest BCUT2D eigenvalue weighted by Gasteiger charge is -2.14. The summed E-state index contributed by atoms with van der Waals surface area (Å²) < 4.78 is 1.71. The first kappa shape index (κ1) is 21.7. The van der Waals surface area contributed by atoms with Crippen molar-refractivity contribution >= 4 is 29.4 Å². The molecule has 0 radical (unpaired) electrons. The molecule has 1 amide bonds. The Bertz CT molecular complexity index is 1100. The third-order valence-electron chi connectivity index (χ3n) is 5.06. The van der Waals surface area contributed by atoms with Crippen LogP contribution in [0.5, 0.6) is 0 Å².